The van der Waals surface area contributed by atoms with Crippen LogP contribution in [0.25, 0.3) is 0 Å². The van der Waals surface area contributed by atoms with Crippen molar-refractivity contribution < 1.29 is 65.0 Å². The molecule has 0 aromatic carbocycles. The molecule has 1 aromatic rings. The molecule has 7 N–H and O–H groups in total. The average Bonchev–Trinajstić information content (AvgIpc) is 2.85. The number of alkyl halides is 1. The van der Waals surface area contributed by atoms with Gasteiger partial charge in [0.1, 0.15) is 12.2 Å². The summed E-state index contributed by atoms with van der Waals surface area (Å²) in [4.78, 5) is 38.9. The van der Waals surface area contributed by atoms with Crippen LogP contribution in [0, 0.1) is 22.9 Å². The van der Waals surface area contributed by atoms with Gasteiger partial charge in [-0.2, -0.15) is 13.6 Å². The minimum atomic E-state index is -5.81. The van der Waals surface area contributed by atoms with Crippen molar-refractivity contribution in [2.24, 2.45) is 0 Å². The molecule has 1 aromatic heterocycles. The molecular formula is C11H14F2N3O12P3S. The topological polar surface area (TPSA) is 233 Å². The fourth-order valence-electron chi connectivity index (χ4n) is 2.41. The molecule has 0 amide bonds. The maximum Gasteiger partial charge on any atom is 0.490 e. The number of halogens is 2. The number of phosphoric acid groups is 3. The van der Waals surface area contributed by atoms with Crippen molar-refractivity contribution in [1.29, 1.82) is 0 Å². The number of hydrogen-bond acceptors (Lipinski definition) is 11. The average molecular weight is 543 g/mol. The van der Waals surface area contributed by atoms with Gasteiger partial charge in [0.25, 0.3) is 0 Å². The Bertz CT molecular complexity index is 1140. The summed E-state index contributed by atoms with van der Waals surface area (Å²) in [5.74, 6) is -0.180. The Morgan fingerprint density at radius 3 is 2.44 bits per heavy atom. The normalized spacial score (nSPS) is 29.8. The van der Waals surface area contributed by atoms with E-state index in [1.54, 1.807) is 5.92 Å². The fourth-order valence-corrected chi connectivity index (χ4v) is 5.68. The van der Waals surface area contributed by atoms with Crippen LogP contribution >= 0.6 is 35.7 Å². The number of aromatic nitrogens is 2. The molecule has 1 aliphatic rings. The molecule has 0 saturated carbocycles. The van der Waals surface area contributed by atoms with E-state index in [4.69, 9.17) is 43.8 Å². The first-order chi connectivity index (χ1) is 14.4. The van der Waals surface area contributed by atoms with Gasteiger partial charge in [0.15, 0.2) is 17.9 Å². The highest BCUT2D eigenvalue weighted by Gasteiger charge is 2.58. The Labute approximate surface area is 182 Å². The van der Waals surface area contributed by atoms with Crippen molar-refractivity contribution in [2.75, 3.05) is 12.3 Å². The number of hydrogen-bond donors (Lipinski definition) is 6. The van der Waals surface area contributed by atoms with E-state index in [0.717, 1.165) is 0 Å². The van der Waals surface area contributed by atoms with Gasteiger partial charge in [-0.25, -0.2) is 22.5 Å². The van der Waals surface area contributed by atoms with Crippen molar-refractivity contribution in [2.45, 2.75) is 24.1 Å². The summed E-state index contributed by atoms with van der Waals surface area (Å²) in [5, 5.41) is 10.2. The van der Waals surface area contributed by atoms with Gasteiger partial charge >= 0.3 is 23.5 Å². The zero-order valence-corrected chi connectivity index (χ0v) is 18.7. The molecule has 15 nitrogen and oxygen atoms in total. The molecule has 0 bridgehead atoms. The predicted octanol–water partition coefficient (Wildman–Crippen LogP) is 0.277. The van der Waals surface area contributed by atoms with Crippen LogP contribution < -0.4 is 5.73 Å². The molecule has 2 rings (SSSR count). The molecule has 0 radical (unpaired) electrons. The van der Waals surface area contributed by atoms with Crippen LogP contribution in [0.1, 0.15) is 6.23 Å². The van der Waals surface area contributed by atoms with Gasteiger partial charge in [-0.1, -0.05) is 5.92 Å². The molecule has 0 spiro atoms. The van der Waals surface area contributed by atoms with Crippen molar-refractivity contribution >= 4 is 41.5 Å². The largest absolute Gasteiger partial charge is 0.490 e. The standard InChI is InChI=1S/C11H14F2N3O12P3S/c1-2-11(13)7(17)6(26-9(11)16-3-5(12)8(14)15-10(16)32)4-25-30(21,22)28-31(23,24)27-29(18,19)20/h1,3,6-7,9,17H,4H2,(H,21,22)(H,23,24)(H2,14,15,32)(H2,18,19,20)/t6-,7?,9-,11-/m1/s1. The highest BCUT2D eigenvalue weighted by atomic mass is 32.1. The number of ether oxygens (including phenoxy) is 1. The lowest BCUT2D eigenvalue weighted by Crippen LogP contribution is -2.42. The molecule has 2 heterocycles. The monoisotopic (exact) mass is 543 g/mol. The Kier molecular flexibility index (Phi) is 7.83. The third-order valence-electron chi connectivity index (χ3n) is 3.67. The molecule has 0 aliphatic carbocycles. The molecule has 1 fully saturated rings. The quantitative estimate of drug-likeness (QED) is 0.147. The van der Waals surface area contributed by atoms with Gasteiger partial charge in [0.05, 0.1) is 6.61 Å². The van der Waals surface area contributed by atoms with Crippen LogP contribution in [0.2, 0.25) is 0 Å². The van der Waals surface area contributed by atoms with Crippen LogP contribution in [0.3, 0.4) is 0 Å². The molecule has 32 heavy (non-hydrogen) atoms. The van der Waals surface area contributed by atoms with Gasteiger partial charge in [-0.15, -0.1) is 6.42 Å². The van der Waals surface area contributed by atoms with Gasteiger partial charge in [-0.3, -0.25) is 9.09 Å². The number of aliphatic hydroxyl groups excluding tert-OH is 1. The lowest BCUT2D eigenvalue weighted by Gasteiger charge is -2.24. The van der Waals surface area contributed by atoms with Crippen molar-refractivity contribution in [3.05, 3.63) is 16.8 Å². The summed E-state index contributed by atoms with van der Waals surface area (Å²) in [6.07, 6.45) is -0.482. The lowest BCUT2D eigenvalue weighted by molar-refractivity contribution is -0.0528. The SMILES string of the molecule is C#C[C@@]1(F)C(O)[C@@H](COP(=O)(O)OP(=O)(O)OP(=O)(O)O)O[C@H]1n1cc(F)c(N)nc1=S. The van der Waals surface area contributed by atoms with E-state index in [-0.39, 0.29) is 0 Å². The van der Waals surface area contributed by atoms with E-state index in [9.17, 15) is 28.1 Å². The van der Waals surface area contributed by atoms with Gasteiger partial charge in [0, 0.05) is 6.20 Å². The first kappa shape index (κ1) is 27.1. The number of phosphoric ester groups is 1. The van der Waals surface area contributed by atoms with Crippen molar-refractivity contribution in [3.63, 3.8) is 0 Å². The molecule has 6 atom stereocenters. The summed E-state index contributed by atoms with van der Waals surface area (Å²) in [6, 6.07) is 0. The van der Waals surface area contributed by atoms with Crippen LogP contribution in [0.5, 0.6) is 0 Å². The number of nitrogens with two attached hydrogens (primary N) is 1. The Hall–Kier alpha value is -1.15. The summed E-state index contributed by atoms with van der Waals surface area (Å²) >= 11 is 4.83. The van der Waals surface area contributed by atoms with Gasteiger partial charge in [-0.05, 0) is 12.2 Å². The summed E-state index contributed by atoms with van der Waals surface area (Å²) in [7, 11) is -17.0. The highest BCUT2D eigenvalue weighted by molar-refractivity contribution is 7.71. The minimum absolute atomic E-state index is 0.507. The number of anilines is 1. The van der Waals surface area contributed by atoms with Gasteiger partial charge < -0.3 is 35.2 Å². The number of rotatable bonds is 8. The van der Waals surface area contributed by atoms with E-state index in [1.807, 2.05) is 0 Å². The van der Waals surface area contributed by atoms with Crippen LogP contribution in [-0.4, -0.2) is 58.7 Å². The number of aliphatic hydroxyl groups is 1. The molecule has 1 aliphatic heterocycles. The maximum absolute atomic E-state index is 15.3. The van der Waals surface area contributed by atoms with E-state index in [2.05, 4.69) is 18.1 Å². The number of nitrogens with zero attached hydrogens (tertiary/aromatic N) is 2. The fraction of sp³-hybridized carbons (Fsp3) is 0.455. The Morgan fingerprint density at radius 1 is 1.31 bits per heavy atom. The first-order valence-electron chi connectivity index (χ1n) is 7.73. The maximum atomic E-state index is 15.3. The summed E-state index contributed by atoms with van der Waals surface area (Å²) in [5.41, 5.74) is 2.14. The predicted molar refractivity (Wildman–Crippen MR) is 99.8 cm³/mol. The molecule has 3 unspecified atom stereocenters. The molecule has 180 valence electrons. The third-order valence-corrected chi connectivity index (χ3v) is 7.78. The second kappa shape index (κ2) is 9.24. The smallest absolute Gasteiger partial charge is 0.386 e. The molecule has 21 heteroatoms. The van der Waals surface area contributed by atoms with E-state index in [1.165, 1.54) is 0 Å². The molecular weight excluding hydrogens is 529 g/mol. The van der Waals surface area contributed by atoms with Crippen LogP contribution in [0.4, 0.5) is 14.6 Å². The second-order valence-electron chi connectivity index (χ2n) is 5.93. The van der Waals surface area contributed by atoms with E-state index in [0.29, 0.717) is 10.8 Å². The van der Waals surface area contributed by atoms with E-state index < -0.39 is 70.6 Å². The zero-order chi connectivity index (χ0) is 24.7. The Balaban J connectivity index is 2.22. The molecule has 1 saturated heterocycles. The zero-order valence-electron chi connectivity index (χ0n) is 15.2. The number of terminal acetylenes is 1. The van der Waals surface area contributed by atoms with Crippen molar-refractivity contribution in [1.82, 2.24) is 9.55 Å². The van der Waals surface area contributed by atoms with Crippen LogP contribution in [0.15, 0.2) is 6.20 Å². The number of nitrogen functional groups attached to an aromatic ring is 1. The van der Waals surface area contributed by atoms with Crippen molar-refractivity contribution in [3.8, 4) is 12.3 Å². The lowest BCUT2D eigenvalue weighted by atomic mass is 9.97. The third kappa shape index (κ3) is 6.25. The van der Waals surface area contributed by atoms with Gasteiger partial charge in [0.2, 0.25) is 10.4 Å². The van der Waals surface area contributed by atoms with Crippen LogP contribution in [-0.2, 0) is 31.6 Å². The summed E-state index contributed by atoms with van der Waals surface area (Å²) < 4.78 is 79.2. The first-order valence-corrected chi connectivity index (χ1v) is 12.7. The van der Waals surface area contributed by atoms with E-state index >= 15 is 4.39 Å². The highest BCUT2D eigenvalue weighted by Crippen LogP contribution is 2.66. The Morgan fingerprint density at radius 2 is 1.91 bits per heavy atom. The minimum Gasteiger partial charge on any atom is -0.386 e. The summed E-state index contributed by atoms with van der Waals surface area (Å²) in [6.45, 7) is -1.23. The second-order valence-corrected chi connectivity index (χ2v) is 10.7.